The van der Waals surface area contributed by atoms with Crippen LogP contribution < -0.4 is 10.1 Å². The van der Waals surface area contributed by atoms with Gasteiger partial charge in [0, 0.05) is 24.6 Å². The summed E-state index contributed by atoms with van der Waals surface area (Å²) < 4.78 is 18.6. The number of piperidine rings is 1. The first-order valence-corrected chi connectivity index (χ1v) is 10.4. The quantitative estimate of drug-likeness (QED) is 0.655. The Kier molecular flexibility index (Phi) is 6.29. The van der Waals surface area contributed by atoms with Gasteiger partial charge in [-0.3, -0.25) is 9.69 Å². The number of nitrogens with one attached hydrogen (secondary N) is 1. The van der Waals surface area contributed by atoms with Crippen molar-refractivity contribution in [3.05, 3.63) is 77.6 Å². The summed E-state index contributed by atoms with van der Waals surface area (Å²) in [5, 5.41) is 5.43. The van der Waals surface area contributed by atoms with Gasteiger partial charge in [0.2, 0.25) is 5.91 Å². The Morgan fingerprint density at radius 3 is 2.53 bits per heavy atom. The molecule has 0 radical (unpaired) electrons. The Labute approximate surface area is 176 Å². The number of carbonyl (C=O) groups excluding carboxylic acids is 1. The summed E-state index contributed by atoms with van der Waals surface area (Å²) in [5.74, 6) is 0.756. The summed E-state index contributed by atoms with van der Waals surface area (Å²) in [5.41, 5.74) is 2.11. The van der Waals surface area contributed by atoms with E-state index in [9.17, 15) is 9.18 Å². The highest BCUT2D eigenvalue weighted by molar-refractivity contribution is 5.87. The maximum atomic E-state index is 13.0. The van der Waals surface area contributed by atoms with Gasteiger partial charge < -0.3 is 10.1 Å². The summed E-state index contributed by atoms with van der Waals surface area (Å²) in [4.78, 5) is 15.0. The number of halogens is 1. The topological polar surface area (TPSA) is 41.6 Å². The van der Waals surface area contributed by atoms with Crippen molar-refractivity contribution in [3.63, 3.8) is 0 Å². The average Bonchev–Trinajstić information content (AvgIpc) is 2.79. The van der Waals surface area contributed by atoms with Crippen molar-refractivity contribution in [2.24, 2.45) is 5.92 Å². The van der Waals surface area contributed by atoms with Crippen LogP contribution in [0.25, 0.3) is 10.8 Å². The first kappa shape index (κ1) is 20.4. The fraction of sp³-hybridized carbons (Fsp3) is 0.320. The molecule has 1 heterocycles. The number of ether oxygens (including phenoxy) is 1. The smallest absolute Gasteiger partial charge is 0.223 e. The van der Waals surface area contributed by atoms with Crippen LogP contribution >= 0.6 is 0 Å². The van der Waals surface area contributed by atoms with Crippen molar-refractivity contribution >= 4 is 16.7 Å². The maximum Gasteiger partial charge on any atom is 0.223 e. The minimum absolute atomic E-state index is 0.0242. The monoisotopic (exact) mass is 406 g/mol. The summed E-state index contributed by atoms with van der Waals surface area (Å²) in [6.07, 6.45) is 1.67. The lowest BCUT2D eigenvalue weighted by molar-refractivity contribution is -0.126. The van der Waals surface area contributed by atoms with Crippen LogP contribution in [0.15, 0.2) is 60.7 Å². The van der Waals surface area contributed by atoms with Crippen LogP contribution in [0, 0.1) is 11.7 Å². The van der Waals surface area contributed by atoms with Crippen LogP contribution in [0.4, 0.5) is 4.39 Å². The first-order chi connectivity index (χ1) is 14.6. The van der Waals surface area contributed by atoms with E-state index in [2.05, 4.69) is 40.5 Å². The molecule has 0 saturated carbocycles. The molecule has 1 aliphatic heterocycles. The molecule has 4 nitrogen and oxygen atoms in total. The van der Waals surface area contributed by atoms with E-state index in [1.165, 1.54) is 28.5 Å². The van der Waals surface area contributed by atoms with Crippen LogP contribution in [0.2, 0.25) is 0 Å². The summed E-state index contributed by atoms with van der Waals surface area (Å²) >= 11 is 0. The zero-order valence-electron chi connectivity index (χ0n) is 17.2. The fourth-order valence-electron chi connectivity index (χ4n) is 4.18. The standard InChI is InChI=1S/C25H27FN2O2/c1-30-24-11-8-19-4-2-3-5-22(19)23(24)17-28-14-12-20(13-15-28)25(29)27-16-18-6-9-21(26)10-7-18/h2-11,20H,12-17H2,1H3,(H,27,29). The van der Waals surface area contributed by atoms with E-state index in [1.807, 2.05) is 6.07 Å². The van der Waals surface area contributed by atoms with Gasteiger partial charge >= 0.3 is 0 Å². The molecule has 156 valence electrons. The highest BCUT2D eigenvalue weighted by Gasteiger charge is 2.25. The number of likely N-dealkylation sites (tertiary alicyclic amines) is 1. The number of fused-ring (bicyclic) bond motifs is 1. The number of methoxy groups -OCH3 is 1. The van der Waals surface area contributed by atoms with Gasteiger partial charge in [-0.15, -0.1) is 0 Å². The zero-order chi connectivity index (χ0) is 20.9. The summed E-state index contributed by atoms with van der Waals surface area (Å²) in [6, 6.07) is 18.7. The van der Waals surface area contributed by atoms with Gasteiger partial charge in [0.15, 0.2) is 0 Å². The molecule has 3 aromatic rings. The zero-order valence-corrected chi connectivity index (χ0v) is 17.2. The molecule has 1 N–H and O–H groups in total. The van der Waals surface area contributed by atoms with E-state index in [1.54, 1.807) is 19.2 Å². The lowest BCUT2D eigenvalue weighted by Crippen LogP contribution is -2.40. The molecule has 1 aliphatic rings. The second kappa shape index (κ2) is 9.26. The number of hydrogen-bond donors (Lipinski definition) is 1. The van der Waals surface area contributed by atoms with Gasteiger partial charge in [-0.1, -0.05) is 42.5 Å². The molecular weight excluding hydrogens is 379 g/mol. The Hall–Kier alpha value is -2.92. The third-order valence-corrected chi connectivity index (χ3v) is 5.94. The summed E-state index contributed by atoms with van der Waals surface area (Å²) in [7, 11) is 1.71. The van der Waals surface area contributed by atoms with Gasteiger partial charge in [0.25, 0.3) is 0 Å². The van der Waals surface area contributed by atoms with Crippen molar-refractivity contribution < 1.29 is 13.9 Å². The Morgan fingerprint density at radius 2 is 1.80 bits per heavy atom. The van der Waals surface area contributed by atoms with Gasteiger partial charge in [0.1, 0.15) is 11.6 Å². The number of amides is 1. The van der Waals surface area contributed by atoms with Crippen LogP contribution in [-0.4, -0.2) is 31.0 Å². The van der Waals surface area contributed by atoms with Crippen molar-refractivity contribution in [1.82, 2.24) is 10.2 Å². The molecule has 0 aliphatic carbocycles. The number of rotatable bonds is 6. The third kappa shape index (κ3) is 4.62. The third-order valence-electron chi connectivity index (χ3n) is 5.94. The van der Waals surface area contributed by atoms with E-state index in [0.717, 1.165) is 43.8 Å². The maximum absolute atomic E-state index is 13.0. The van der Waals surface area contributed by atoms with E-state index >= 15 is 0 Å². The summed E-state index contributed by atoms with van der Waals surface area (Å²) in [6.45, 7) is 3.00. The highest BCUT2D eigenvalue weighted by Crippen LogP contribution is 2.30. The van der Waals surface area contributed by atoms with E-state index in [4.69, 9.17) is 4.74 Å². The molecule has 30 heavy (non-hydrogen) atoms. The normalized spacial score (nSPS) is 15.3. The molecule has 4 rings (SSSR count). The largest absolute Gasteiger partial charge is 0.496 e. The predicted octanol–water partition coefficient (Wildman–Crippen LogP) is 4.52. The molecule has 3 aromatic carbocycles. The van der Waals surface area contributed by atoms with Crippen molar-refractivity contribution in [3.8, 4) is 5.75 Å². The molecule has 0 aromatic heterocycles. The molecule has 1 saturated heterocycles. The molecule has 0 atom stereocenters. The van der Waals surface area contributed by atoms with E-state index in [0.29, 0.717) is 6.54 Å². The average molecular weight is 407 g/mol. The van der Waals surface area contributed by atoms with Gasteiger partial charge in [-0.2, -0.15) is 0 Å². The van der Waals surface area contributed by atoms with Crippen molar-refractivity contribution in [2.75, 3.05) is 20.2 Å². The Bertz CT molecular complexity index is 1010. The molecular formula is C25H27FN2O2. The second-order valence-electron chi connectivity index (χ2n) is 7.86. The molecule has 5 heteroatoms. The number of benzene rings is 3. The van der Waals surface area contributed by atoms with Gasteiger partial charge in [-0.25, -0.2) is 4.39 Å². The number of carbonyl (C=O) groups is 1. The molecule has 1 fully saturated rings. The molecule has 0 spiro atoms. The predicted molar refractivity (Wildman–Crippen MR) is 117 cm³/mol. The van der Waals surface area contributed by atoms with Crippen molar-refractivity contribution in [1.29, 1.82) is 0 Å². The Morgan fingerprint density at radius 1 is 1.07 bits per heavy atom. The second-order valence-corrected chi connectivity index (χ2v) is 7.86. The van der Waals surface area contributed by atoms with Crippen LogP contribution in [0.5, 0.6) is 5.75 Å². The highest BCUT2D eigenvalue weighted by atomic mass is 19.1. The Balaban J connectivity index is 1.34. The minimum Gasteiger partial charge on any atom is -0.496 e. The molecule has 1 amide bonds. The number of hydrogen-bond acceptors (Lipinski definition) is 3. The van der Waals surface area contributed by atoms with Crippen molar-refractivity contribution in [2.45, 2.75) is 25.9 Å². The van der Waals surface area contributed by atoms with Gasteiger partial charge in [-0.05, 0) is 60.5 Å². The lowest BCUT2D eigenvalue weighted by Gasteiger charge is -2.32. The van der Waals surface area contributed by atoms with Gasteiger partial charge in [0.05, 0.1) is 7.11 Å². The van der Waals surface area contributed by atoms with Crippen LogP contribution in [0.3, 0.4) is 0 Å². The SMILES string of the molecule is COc1ccc2ccccc2c1CN1CCC(C(=O)NCc2ccc(F)cc2)CC1. The van der Waals surface area contributed by atoms with Crippen LogP contribution in [-0.2, 0) is 17.9 Å². The molecule has 0 unspecified atom stereocenters. The first-order valence-electron chi connectivity index (χ1n) is 10.4. The van der Waals surface area contributed by atoms with E-state index in [-0.39, 0.29) is 17.6 Å². The fourth-order valence-corrected chi connectivity index (χ4v) is 4.18. The lowest BCUT2D eigenvalue weighted by atomic mass is 9.94. The minimum atomic E-state index is -0.264. The number of nitrogens with zero attached hydrogens (tertiary/aromatic N) is 1. The van der Waals surface area contributed by atoms with E-state index < -0.39 is 0 Å². The molecule has 0 bridgehead atoms. The van der Waals surface area contributed by atoms with Crippen LogP contribution in [0.1, 0.15) is 24.0 Å².